The van der Waals surface area contributed by atoms with Crippen LogP contribution in [0.25, 0.3) is 10.9 Å². The number of nitrogens with two attached hydrogens (primary N) is 1. The fraction of sp³-hybridized carbons (Fsp3) is 0.100. The van der Waals surface area contributed by atoms with Gasteiger partial charge in [-0.1, -0.05) is 12.1 Å². The first kappa shape index (κ1) is 18.2. The number of amides is 2. The third kappa shape index (κ3) is 3.53. The van der Waals surface area contributed by atoms with Crippen LogP contribution in [0.2, 0.25) is 0 Å². The number of hydrogen-bond donors (Lipinski definition) is 5. The molecule has 146 valence electrons. The molecule has 0 spiro atoms. The Morgan fingerprint density at radius 2 is 1.86 bits per heavy atom. The molecule has 0 radical (unpaired) electrons. The third-order valence-corrected chi connectivity index (χ3v) is 4.63. The van der Waals surface area contributed by atoms with Gasteiger partial charge in [0.05, 0.1) is 11.7 Å². The molecule has 0 aliphatic rings. The zero-order chi connectivity index (χ0) is 20.5. The lowest BCUT2D eigenvalue weighted by atomic mass is 10.1. The predicted octanol–water partition coefficient (Wildman–Crippen LogP) is 2.57. The van der Waals surface area contributed by atoms with Crippen molar-refractivity contribution >= 4 is 39.7 Å². The highest BCUT2D eigenvalue weighted by Crippen LogP contribution is 2.27. The van der Waals surface area contributed by atoms with Gasteiger partial charge in [-0.15, -0.1) is 0 Å². The van der Waals surface area contributed by atoms with Crippen LogP contribution in [0, 0.1) is 0 Å². The van der Waals surface area contributed by atoms with Crippen molar-refractivity contribution in [3.05, 3.63) is 74.7 Å². The largest absolute Gasteiger partial charge is 0.373 e. The molecule has 0 bridgehead atoms. The summed E-state index contributed by atoms with van der Waals surface area (Å²) < 4.78 is 0. The van der Waals surface area contributed by atoms with Crippen LogP contribution >= 0.6 is 0 Å². The summed E-state index contributed by atoms with van der Waals surface area (Å²) in [5.41, 5.74) is 7.35. The summed E-state index contributed by atoms with van der Waals surface area (Å²) >= 11 is 0. The van der Waals surface area contributed by atoms with E-state index in [1.165, 1.54) is 0 Å². The highest BCUT2D eigenvalue weighted by molar-refractivity contribution is 5.88. The summed E-state index contributed by atoms with van der Waals surface area (Å²) in [7, 11) is 0. The number of rotatable bonds is 6. The molecule has 0 fully saturated rings. The van der Waals surface area contributed by atoms with Gasteiger partial charge in [0.25, 0.3) is 10.9 Å². The summed E-state index contributed by atoms with van der Waals surface area (Å²) in [6, 6.07) is 11.6. The molecule has 3 aromatic carbocycles. The predicted molar refractivity (Wildman–Crippen MR) is 112 cm³/mol. The summed E-state index contributed by atoms with van der Waals surface area (Å²) in [5.74, 6) is 0. The number of hydrogen-bond acceptors (Lipinski definition) is 6. The smallest absolute Gasteiger partial charge is 0.316 e. The minimum Gasteiger partial charge on any atom is -0.373 e. The number of nitrogens with zero attached hydrogens (tertiary/aromatic N) is 1. The fourth-order valence-corrected chi connectivity index (χ4v) is 3.14. The van der Waals surface area contributed by atoms with E-state index in [-0.39, 0.29) is 17.4 Å². The van der Waals surface area contributed by atoms with Crippen molar-refractivity contribution in [2.75, 3.05) is 16.0 Å². The van der Waals surface area contributed by atoms with Crippen LogP contribution in [0.1, 0.15) is 18.5 Å². The Balaban J connectivity index is 1.55. The SMILES string of the molecule is C[C@@H](Nc1c(Nc2ccc3[nH]ncc3c2)c(=O)c1=O)c1cccc(NC(N)=O)c1. The molecule has 0 aliphatic heterocycles. The van der Waals surface area contributed by atoms with E-state index in [4.69, 9.17) is 5.73 Å². The maximum absolute atomic E-state index is 12.1. The first-order valence-corrected chi connectivity index (χ1v) is 8.89. The lowest BCUT2D eigenvalue weighted by Gasteiger charge is -2.20. The minimum absolute atomic E-state index is 0.219. The number of carbonyl (C=O) groups excluding carboxylic acids is 1. The number of H-pyrrole nitrogens is 1. The van der Waals surface area contributed by atoms with E-state index in [1.54, 1.807) is 30.5 Å². The lowest BCUT2D eigenvalue weighted by Crippen LogP contribution is -2.37. The van der Waals surface area contributed by atoms with Crippen molar-refractivity contribution in [3.8, 4) is 0 Å². The molecule has 1 aromatic heterocycles. The van der Waals surface area contributed by atoms with E-state index in [2.05, 4.69) is 26.1 Å². The van der Waals surface area contributed by atoms with Crippen LogP contribution in [0.4, 0.5) is 27.5 Å². The van der Waals surface area contributed by atoms with E-state index in [1.807, 2.05) is 25.1 Å². The maximum atomic E-state index is 12.1. The number of carbonyl (C=O) groups is 1. The molecule has 1 atom stereocenters. The van der Waals surface area contributed by atoms with Gasteiger partial charge in [0.1, 0.15) is 11.4 Å². The van der Waals surface area contributed by atoms with Gasteiger partial charge in [-0.25, -0.2) is 4.79 Å². The average Bonchev–Trinajstić information content (AvgIpc) is 3.17. The van der Waals surface area contributed by atoms with E-state index >= 15 is 0 Å². The average molecular weight is 390 g/mol. The van der Waals surface area contributed by atoms with Crippen LogP contribution in [0.5, 0.6) is 0 Å². The maximum Gasteiger partial charge on any atom is 0.316 e. The van der Waals surface area contributed by atoms with Crippen LogP contribution in [-0.2, 0) is 0 Å². The molecule has 0 saturated carbocycles. The molecule has 6 N–H and O–H groups in total. The molecule has 4 rings (SSSR count). The zero-order valence-electron chi connectivity index (χ0n) is 15.4. The van der Waals surface area contributed by atoms with Crippen LogP contribution in [0.3, 0.4) is 0 Å². The number of nitrogens with one attached hydrogen (secondary N) is 4. The minimum atomic E-state index is -0.661. The van der Waals surface area contributed by atoms with Gasteiger partial charge in [-0.2, -0.15) is 5.10 Å². The monoisotopic (exact) mass is 390 g/mol. The number of aromatic nitrogens is 2. The molecule has 29 heavy (non-hydrogen) atoms. The quantitative estimate of drug-likeness (QED) is 0.320. The number of benzene rings is 2. The standard InChI is InChI=1S/C20H18N6O3/c1-10(11-3-2-4-13(7-11)25-20(21)29)23-16-17(19(28)18(16)27)24-14-5-6-15-12(8-14)9-22-26-15/h2-10,23-24H,1H3,(H,22,26)(H3,21,25,29)/t10-/m1/s1. The summed E-state index contributed by atoms with van der Waals surface area (Å²) in [6.07, 6.45) is 1.68. The van der Waals surface area contributed by atoms with Gasteiger partial charge in [-0.05, 0) is 42.8 Å². The Morgan fingerprint density at radius 3 is 2.66 bits per heavy atom. The third-order valence-electron chi connectivity index (χ3n) is 4.63. The van der Waals surface area contributed by atoms with Crippen LogP contribution in [-0.4, -0.2) is 16.2 Å². The molecule has 0 saturated heterocycles. The van der Waals surface area contributed by atoms with Crippen molar-refractivity contribution < 1.29 is 4.79 Å². The molecule has 9 nitrogen and oxygen atoms in total. The Bertz CT molecular complexity index is 1290. The normalized spacial score (nSPS) is 12.0. The van der Waals surface area contributed by atoms with Crippen LogP contribution < -0.4 is 32.5 Å². The molecular weight excluding hydrogens is 372 g/mol. The molecule has 2 amide bonds. The number of aromatic amines is 1. The van der Waals surface area contributed by atoms with Crippen molar-refractivity contribution in [1.29, 1.82) is 0 Å². The molecule has 9 heteroatoms. The van der Waals surface area contributed by atoms with Gasteiger partial charge >= 0.3 is 6.03 Å². The Hall–Kier alpha value is -4.14. The summed E-state index contributed by atoms with van der Waals surface area (Å²) in [4.78, 5) is 35.2. The van der Waals surface area contributed by atoms with E-state index in [0.717, 1.165) is 16.5 Å². The highest BCUT2D eigenvalue weighted by Gasteiger charge is 2.23. The van der Waals surface area contributed by atoms with Crippen molar-refractivity contribution in [3.63, 3.8) is 0 Å². The number of primary amides is 1. The zero-order valence-corrected chi connectivity index (χ0v) is 15.4. The Labute approximate surface area is 164 Å². The lowest BCUT2D eigenvalue weighted by molar-refractivity contribution is 0.259. The Morgan fingerprint density at radius 1 is 1.07 bits per heavy atom. The van der Waals surface area contributed by atoms with E-state index < -0.39 is 16.9 Å². The topological polar surface area (TPSA) is 142 Å². The highest BCUT2D eigenvalue weighted by atomic mass is 16.2. The number of urea groups is 1. The van der Waals surface area contributed by atoms with Crippen molar-refractivity contribution in [2.24, 2.45) is 5.73 Å². The molecule has 1 heterocycles. The van der Waals surface area contributed by atoms with Crippen LogP contribution in [0.15, 0.2) is 58.3 Å². The van der Waals surface area contributed by atoms with Gasteiger partial charge in [0.2, 0.25) is 0 Å². The van der Waals surface area contributed by atoms with Gasteiger partial charge in [-0.3, -0.25) is 14.7 Å². The molecule has 4 aromatic rings. The fourth-order valence-electron chi connectivity index (χ4n) is 3.14. The van der Waals surface area contributed by atoms with Crippen molar-refractivity contribution in [1.82, 2.24) is 10.2 Å². The van der Waals surface area contributed by atoms with E-state index in [9.17, 15) is 14.4 Å². The summed E-state index contributed by atoms with van der Waals surface area (Å²) in [6.45, 7) is 1.85. The first-order chi connectivity index (χ1) is 13.9. The van der Waals surface area contributed by atoms with Gasteiger partial charge in [0.15, 0.2) is 0 Å². The second-order valence-corrected chi connectivity index (χ2v) is 6.69. The second-order valence-electron chi connectivity index (χ2n) is 6.69. The number of fused-ring (bicyclic) bond motifs is 1. The summed E-state index contributed by atoms with van der Waals surface area (Å²) in [5, 5.41) is 16.3. The second kappa shape index (κ2) is 7.12. The number of anilines is 4. The van der Waals surface area contributed by atoms with E-state index in [0.29, 0.717) is 11.4 Å². The van der Waals surface area contributed by atoms with Gasteiger partial charge < -0.3 is 21.7 Å². The molecular formula is C20H18N6O3. The molecule has 0 unspecified atom stereocenters. The van der Waals surface area contributed by atoms with Gasteiger partial charge in [0, 0.05) is 22.8 Å². The van der Waals surface area contributed by atoms with Crippen molar-refractivity contribution in [2.45, 2.75) is 13.0 Å². The first-order valence-electron chi connectivity index (χ1n) is 8.89. The Kier molecular flexibility index (Phi) is 4.47. The molecule has 0 aliphatic carbocycles.